The highest BCUT2D eigenvalue weighted by Crippen LogP contribution is 2.18. The number of anilines is 1. The van der Waals surface area contributed by atoms with E-state index >= 15 is 0 Å². The zero-order valence-corrected chi connectivity index (χ0v) is 14.4. The molecule has 0 spiro atoms. The number of hydrogen-bond acceptors (Lipinski definition) is 3. The zero-order valence-electron chi connectivity index (χ0n) is 14.4. The highest BCUT2D eigenvalue weighted by atomic mass is 16.5. The number of ether oxygens (including phenoxy) is 2. The van der Waals surface area contributed by atoms with Gasteiger partial charge in [-0.2, -0.15) is 0 Å². The van der Waals surface area contributed by atoms with Crippen molar-refractivity contribution < 1.29 is 14.3 Å². The Morgan fingerprint density at radius 3 is 2.23 bits per heavy atom. The predicted molar refractivity (Wildman–Crippen MR) is 103 cm³/mol. The zero-order chi connectivity index (χ0) is 18.0. The van der Waals surface area contributed by atoms with Crippen LogP contribution < -0.4 is 14.8 Å². The minimum absolute atomic E-state index is 0.0386. The Balaban J connectivity index is 1.46. The second-order valence-electron chi connectivity index (χ2n) is 5.76. The van der Waals surface area contributed by atoms with Crippen LogP contribution in [0.15, 0.2) is 84.9 Å². The Kier molecular flexibility index (Phi) is 6.26. The molecule has 0 aromatic heterocycles. The second-order valence-corrected chi connectivity index (χ2v) is 5.76. The number of rotatable bonds is 8. The van der Waals surface area contributed by atoms with E-state index in [-0.39, 0.29) is 12.5 Å². The quantitative estimate of drug-likeness (QED) is 0.660. The lowest BCUT2D eigenvalue weighted by molar-refractivity contribution is -0.118. The summed E-state index contributed by atoms with van der Waals surface area (Å²) in [5, 5.41) is 2.82. The number of amides is 1. The van der Waals surface area contributed by atoms with Crippen molar-refractivity contribution in [1.29, 1.82) is 0 Å². The SMILES string of the molecule is O=C(COc1ccccc1)Nc1cccc(OCCc2ccccc2)c1. The third-order valence-corrected chi connectivity index (χ3v) is 3.73. The molecule has 4 nitrogen and oxygen atoms in total. The largest absolute Gasteiger partial charge is 0.493 e. The van der Waals surface area contributed by atoms with Crippen molar-refractivity contribution in [2.24, 2.45) is 0 Å². The van der Waals surface area contributed by atoms with Gasteiger partial charge in [0.05, 0.1) is 6.61 Å². The molecule has 0 saturated heterocycles. The molecule has 0 unspecified atom stereocenters. The molecule has 0 radical (unpaired) electrons. The lowest BCUT2D eigenvalue weighted by Crippen LogP contribution is -2.20. The maximum Gasteiger partial charge on any atom is 0.262 e. The molecule has 0 atom stereocenters. The van der Waals surface area contributed by atoms with E-state index in [9.17, 15) is 4.79 Å². The minimum atomic E-state index is -0.213. The number of carbonyl (C=O) groups is 1. The molecule has 0 aliphatic heterocycles. The van der Waals surface area contributed by atoms with Crippen molar-refractivity contribution in [2.45, 2.75) is 6.42 Å². The van der Waals surface area contributed by atoms with Crippen molar-refractivity contribution >= 4 is 11.6 Å². The second kappa shape index (κ2) is 9.28. The summed E-state index contributed by atoms with van der Waals surface area (Å²) in [5.41, 5.74) is 1.92. The molecule has 4 heteroatoms. The lowest BCUT2D eigenvalue weighted by atomic mass is 10.2. The number of benzene rings is 3. The van der Waals surface area contributed by atoms with Gasteiger partial charge >= 0.3 is 0 Å². The van der Waals surface area contributed by atoms with Crippen LogP contribution in [0.4, 0.5) is 5.69 Å². The van der Waals surface area contributed by atoms with Gasteiger partial charge in [-0.05, 0) is 29.8 Å². The van der Waals surface area contributed by atoms with Crippen molar-refractivity contribution in [3.63, 3.8) is 0 Å². The van der Waals surface area contributed by atoms with Gasteiger partial charge in [0.15, 0.2) is 6.61 Å². The number of para-hydroxylation sites is 1. The van der Waals surface area contributed by atoms with Crippen LogP contribution in [0.5, 0.6) is 11.5 Å². The van der Waals surface area contributed by atoms with Crippen LogP contribution in [0.2, 0.25) is 0 Å². The summed E-state index contributed by atoms with van der Waals surface area (Å²) in [5.74, 6) is 1.18. The first-order valence-corrected chi connectivity index (χ1v) is 8.54. The average molecular weight is 347 g/mol. The minimum Gasteiger partial charge on any atom is -0.493 e. The van der Waals surface area contributed by atoms with Crippen molar-refractivity contribution in [3.05, 3.63) is 90.5 Å². The number of nitrogens with one attached hydrogen (secondary N) is 1. The lowest BCUT2D eigenvalue weighted by Gasteiger charge is -2.10. The summed E-state index contributed by atoms with van der Waals surface area (Å²) in [6, 6.07) is 26.8. The van der Waals surface area contributed by atoms with Crippen LogP contribution >= 0.6 is 0 Å². The van der Waals surface area contributed by atoms with Crippen LogP contribution in [0.1, 0.15) is 5.56 Å². The molecule has 132 valence electrons. The van der Waals surface area contributed by atoms with Gasteiger partial charge in [0.1, 0.15) is 11.5 Å². The number of hydrogen-bond donors (Lipinski definition) is 1. The molecule has 1 amide bonds. The van der Waals surface area contributed by atoms with Crippen molar-refractivity contribution in [3.8, 4) is 11.5 Å². The third-order valence-electron chi connectivity index (χ3n) is 3.73. The monoisotopic (exact) mass is 347 g/mol. The molecule has 0 aliphatic carbocycles. The summed E-state index contributed by atoms with van der Waals surface area (Å²) in [4.78, 5) is 12.0. The molecule has 3 aromatic rings. The molecular formula is C22H21NO3. The fourth-order valence-corrected chi connectivity index (χ4v) is 2.46. The van der Waals surface area contributed by atoms with Gasteiger partial charge in [-0.1, -0.05) is 54.6 Å². The molecular weight excluding hydrogens is 326 g/mol. The van der Waals surface area contributed by atoms with Gasteiger partial charge < -0.3 is 14.8 Å². The van der Waals surface area contributed by atoms with E-state index in [1.807, 2.05) is 72.8 Å². The number of carbonyl (C=O) groups excluding carboxylic acids is 1. The average Bonchev–Trinajstić information content (AvgIpc) is 2.68. The summed E-state index contributed by atoms with van der Waals surface area (Å²) in [7, 11) is 0. The maximum atomic E-state index is 12.0. The molecule has 0 heterocycles. The standard InChI is InChI=1S/C22H21NO3/c24-22(17-26-20-11-5-2-6-12-20)23-19-10-7-13-21(16-19)25-15-14-18-8-3-1-4-9-18/h1-13,16H,14-15,17H2,(H,23,24). The highest BCUT2D eigenvalue weighted by Gasteiger charge is 2.05. The molecule has 3 rings (SSSR count). The Labute approximate surface area is 153 Å². The molecule has 1 N–H and O–H groups in total. The molecule has 26 heavy (non-hydrogen) atoms. The van der Waals surface area contributed by atoms with Gasteiger partial charge in [-0.25, -0.2) is 0 Å². The summed E-state index contributed by atoms with van der Waals surface area (Å²) >= 11 is 0. The highest BCUT2D eigenvalue weighted by molar-refractivity contribution is 5.92. The first-order chi connectivity index (χ1) is 12.8. The van der Waals surface area contributed by atoms with Crippen LogP contribution in [0.3, 0.4) is 0 Å². The first kappa shape index (κ1) is 17.5. The Hall–Kier alpha value is -3.27. The maximum absolute atomic E-state index is 12.0. The van der Waals surface area contributed by atoms with E-state index in [2.05, 4.69) is 17.4 Å². The molecule has 0 fully saturated rings. The molecule has 0 saturated carbocycles. The Morgan fingerprint density at radius 2 is 1.46 bits per heavy atom. The normalized spacial score (nSPS) is 10.2. The smallest absolute Gasteiger partial charge is 0.262 e. The summed E-state index contributed by atoms with van der Waals surface area (Å²) in [6.07, 6.45) is 0.836. The first-order valence-electron chi connectivity index (χ1n) is 8.54. The van der Waals surface area contributed by atoms with Crippen LogP contribution in [-0.4, -0.2) is 19.1 Å². The van der Waals surface area contributed by atoms with E-state index in [0.29, 0.717) is 18.0 Å². The predicted octanol–water partition coefficient (Wildman–Crippen LogP) is 4.33. The van der Waals surface area contributed by atoms with E-state index in [4.69, 9.17) is 9.47 Å². The van der Waals surface area contributed by atoms with Gasteiger partial charge in [0.2, 0.25) is 0 Å². The van der Waals surface area contributed by atoms with Gasteiger partial charge in [0.25, 0.3) is 5.91 Å². The third kappa shape index (κ3) is 5.67. The molecule has 0 aliphatic rings. The van der Waals surface area contributed by atoms with Crippen LogP contribution in [-0.2, 0) is 11.2 Å². The fourth-order valence-electron chi connectivity index (χ4n) is 2.46. The Bertz CT molecular complexity index is 819. The van der Waals surface area contributed by atoms with Crippen LogP contribution in [0, 0.1) is 0 Å². The van der Waals surface area contributed by atoms with E-state index < -0.39 is 0 Å². The fraction of sp³-hybridized carbons (Fsp3) is 0.136. The summed E-state index contributed by atoms with van der Waals surface area (Å²) in [6.45, 7) is 0.543. The molecule has 0 bridgehead atoms. The van der Waals surface area contributed by atoms with Gasteiger partial charge in [0, 0.05) is 18.2 Å². The molecule has 3 aromatic carbocycles. The van der Waals surface area contributed by atoms with Gasteiger partial charge in [-0.15, -0.1) is 0 Å². The van der Waals surface area contributed by atoms with E-state index in [0.717, 1.165) is 12.2 Å². The van der Waals surface area contributed by atoms with Crippen molar-refractivity contribution in [1.82, 2.24) is 0 Å². The van der Waals surface area contributed by atoms with E-state index in [1.165, 1.54) is 5.56 Å². The van der Waals surface area contributed by atoms with Crippen molar-refractivity contribution in [2.75, 3.05) is 18.5 Å². The van der Waals surface area contributed by atoms with E-state index in [1.54, 1.807) is 0 Å². The Morgan fingerprint density at radius 1 is 0.769 bits per heavy atom. The van der Waals surface area contributed by atoms with Crippen LogP contribution in [0.25, 0.3) is 0 Å². The topological polar surface area (TPSA) is 47.6 Å². The summed E-state index contributed by atoms with van der Waals surface area (Å²) < 4.78 is 11.2. The van der Waals surface area contributed by atoms with Gasteiger partial charge in [-0.3, -0.25) is 4.79 Å².